The maximum atomic E-state index is 6.07. The number of nitrogens with one attached hydrogen (secondary N) is 1. The van der Waals surface area contributed by atoms with Crippen LogP contribution < -0.4 is 5.32 Å². The fourth-order valence-electron chi connectivity index (χ4n) is 1.66. The largest absolute Gasteiger partial charge is 0.313 e. The summed E-state index contributed by atoms with van der Waals surface area (Å²) in [6.07, 6.45) is 5.25. The van der Waals surface area contributed by atoms with Crippen molar-refractivity contribution >= 4 is 11.6 Å². The van der Waals surface area contributed by atoms with Gasteiger partial charge in [0.05, 0.1) is 0 Å². The summed E-state index contributed by atoms with van der Waals surface area (Å²) in [6, 6.07) is 6.27. The topological polar surface area (TPSA) is 12.0 Å². The normalized spacial score (nSPS) is 10.7. The van der Waals surface area contributed by atoms with Gasteiger partial charge in [-0.05, 0) is 37.1 Å². The Morgan fingerprint density at radius 2 is 2.00 bits per heavy atom. The standard InChI is InChI=1S/C14H22ClN/c1-3-4-5-6-9-16-11-13-8-7-12(2)14(15)10-13/h7-8,10,16H,3-6,9,11H2,1-2H3. The van der Waals surface area contributed by atoms with Crippen LogP contribution in [0.25, 0.3) is 0 Å². The number of hydrogen-bond acceptors (Lipinski definition) is 1. The first-order valence-electron chi connectivity index (χ1n) is 6.19. The molecule has 0 aliphatic carbocycles. The molecule has 0 aliphatic heterocycles. The van der Waals surface area contributed by atoms with Crippen LogP contribution in [0.5, 0.6) is 0 Å². The van der Waals surface area contributed by atoms with Crippen molar-refractivity contribution in [2.45, 2.75) is 46.1 Å². The maximum Gasteiger partial charge on any atom is 0.0438 e. The Hall–Kier alpha value is -0.530. The van der Waals surface area contributed by atoms with E-state index in [0.29, 0.717) is 0 Å². The zero-order valence-corrected chi connectivity index (χ0v) is 11.1. The number of unbranched alkanes of at least 4 members (excludes halogenated alkanes) is 3. The average Bonchev–Trinajstić information content (AvgIpc) is 2.28. The minimum absolute atomic E-state index is 0.866. The van der Waals surface area contributed by atoms with Crippen molar-refractivity contribution in [3.05, 3.63) is 34.3 Å². The maximum absolute atomic E-state index is 6.07. The number of halogens is 1. The number of benzene rings is 1. The Morgan fingerprint density at radius 3 is 2.69 bits per heavy atom. The molecule has 0 bridgehead atoms. The zero-order chi connectivity index (χ0) is 11.8. The van der Waals surface area contributed by atoms with Crippen molar-refractivity contribution in [1.29, 1.82) is 0 Å². The molecule has 0 spiro atoms. The van der Waals surface area contributed by atoms with Gasteiger partial charge in [0.25, 0.3) is 0 Å². The molecule has 1 aromatic rings. The highest BCUT2D eigenvalue weighted by atomic mass is 35.5. The predicted octanol–water partition coefficient (Wildman–Crippen LogP) is 4.32. The molecule has 0 heterocycles. The van der Waals surface area contributed by atoms with Gasteiger partial charge in [0, 0.05) is 11.6 Å². The number of rotatable bonds is 7. The summed E-state index contributed by atoms with van der Waals surface area (Å²) in [6.45, 7) is 6.30. The van der Waals surface area contributed by atoms with Crippen LogP contribution >= 0.6 is 11.6 Å². The molecule has 1 rings (SSSR count). The molecule has 16 heavy (non-hydrogen) atoms. The van der Waals surface area contributed by atoms with Crippen LogP contribution in [0.4, 0.5) is 0 Å². The van der Waals surface area contributed by atoms with E-state index in [1.165, 1.54) is 31.2 Å². The molecule has 0 atom stereocenters. The second kappa shape index (κ2) is 7.70. The Morgan fingerprint density at radius 1 is 1.19 bits per heavy atom. The van der Waals surface area contributed by atoms with Gasteiger partial charge in [-0.15, -0.1) is 0 Å². The summed E-state index contributed by atoms with van der Waals surface area (Å²) in [5.74, 6) is 0. The van der Waals surface area contributed by atoms with Gasteiger partial charge in [0.2, 0.25) is 0 Å². The minimum Gasteiger partial charge on any atom is -0.313 e. The molecule has 0 saturated heterocycles. The molecule has 0 aliphatic rings. The van der Waals surface area contributed by atoms with Crippen molar-refractivity contribution in [2.75, 3.05) is 6.54 Å². The van der Waals surface area contributed by atoms with Crippen LogP contribution in [-0.2, 0) is 6.54 Å². The van der Waals surface area contributed by atoms with Crippen LogP contribution in [0, 0.1) is 6.92 Å². The second-order valence-electron chi connectivity index (χ2n) is 4.32. The predicted molar refractivity (Wildman–Crippen MR) is 72.0 cm³/mol. The third kappa shape index (κ3) is 5.00. The molecule has 1 aromatic carbocycles. The molecule has 0 saturated carbocycles. The Labute approximate surface area is 104 Å². The lowest BCUT2D eigenvalue weighted by Gasteiger charge is -2.06. The molecular weight excluding hydrogens is 218 g/mol. The SMILES string of the molecule is CCCCCCNCc1ccc(C)c(Cl)c1. The Bertz CT molecular complexity index is 310. The molecule has 1 nitrogen and oxygen atoms in total. The molecule has 0 unspecified atom stereocenters. The first-order chi connectivity index (χ1) is 7.74. The van der Waals surface area contributed by atoms with Crippen molar-refractivity contribution < 1.29 is 0 Å². The van der Waals surface area contributed by atoms with Gasteiger partial charge in [-0.1, -0.05) is 49.9 Å². The van der Waals surface area contributed by atoms with E-state index in [1.54, 1.807) is 0 Å². The number of aryl methyl sites for hydroxylation is 1. The molecular formula is C14H22ClN. The molecule has 0 fully saturated rings. The summed E-state index contributed by atoms with van der Waals surface area (Å²) in [5.41, 5.74) is 2.42. The van der Waals surface area contributed by atoms with Crippen LogP contribution in [0.1, 0.15) is 43.7 Å². The van der Waals surface area contributed by atoms with E-state index >= 15 is 0 Å². The van der Waals surface area contributed by atoms with Gasteiger partial charge in [-0.3, -0.25) is 0 Å². The zero-order valence-electron chi connectivity index (χ0n) is 10.4. The van der Waals surface area contributed by atoms with Crippen LogP contribution in [0.3, 0.4) is 0 Å². The van der Waals surface area contributed by atoms with E-state index < -0.39 is 0 Å². The molecule has 1 N–H and O–H groups in total. The quantitative estimate of drug-likeness (QED) is 0.699. The smallest absolute Gasteiger partial charge is 0.0438 e. The van der Waals surface area contributed by atoms with E-state index in [-0.39, 0.29) is 0 Å². The van der Waals surface area contributed by atoms with Crippen molar-refractivity contribution in [2.24, 2.45) is 0 Å². The molecule has 2 heteroatoms. The summed E-state index contributed by atoms with van der Waals surface area (Å²) < 4.78 is 0. The lowest BCUT2D eigenvalue weighted by molar-refractivity contribution is 0.598. The van der Waals surface area contributed by atoms with Crippen molar-refractivity contribution in [3.63, 3.8) is 0 Å². The number of hydrogen-bond donors (Lipinski definition) is 1. The van der Waals surface area contributed by atoms with Gasteiger partial charge in [-0.25, -0.2) is 0 Å². The van der Waals surface area contributed by atoms with Crippen LogP contribution in [0.15, 0.2) is 18.2 Å². The first kappa shape index (κ1) is 13.5. The lowest BCUT2D eigenvalue weighted by Crippen LogP contribution is -2.14. The van der Waals surface area contributed by atoms with E-state index in [2.05, 4.69) is 30.4 Å². The van der Waals surface area contributed by atoms with Crippen molar-refractivity contribution in [3.8, 4) is 0 Å². The highest BCUT2D eigenvalue weighted by molar-refractivity contribution is 6.31. The highest BCUT2D eigenvalue weighted by Gasteiger charge is 1.97. The van der Waals surface area contributed by atoms with E-state index in [4.69, 9.17) is 11.6 Å². The van der Waals surface area contributed by atoms with Crippen molar-refractivity contribution in [1.82, 2.24) is 5.32 Å². The summed E-state index contributed by atoms with van der Waals surface area (Å²) in [7, 11) is 0. The monoisotopic (exact) mass is 239 g/mol. The third-order valence-corrected chi connectivity index (χ3v) is 3.18. The summed E-state index contributed by atoms with van der Waals surface area (Å²) >= 11 is 6.07. The van der Waals surface area contributed by atoms with Gasteiger partial charge >= 0.3 is 0 Å². The van der Waals surface area contributed by atoms with Crippen LogP contribution in [0.2, 0.25) is 5.02 Å². The summed E-state index contributed by atoms with van der Waals surface area (Å²) in [4.78, 5) is 0. The highest BCUT2D eigenvalue weighted by Crippen LogP contribution is 2.16. The van der Waals surface area contributed by atoms with Gasteiger partial charge < -0.3 is 5.32 Å². The van der Waals surface area contributed by atoms with Gasteiger partial charge in [0.1, 0.15) is 0 Å². The Balaban J connectivity index is 2.19. The molecule has 90 valence electrons. The Kier molecular flexibility index (Phi) is 6.51. The molecule has 0 amide bonds. The lowest BCUT2D eigenvalue weighted by atomic mass is 10.1. The van der Waals surface area contributed by atoms with E-state index in [9.17, 15) is 0 Å². The fourth-order valence-corrected chi connectivity index (χ4v) is 1.86. The summed E-state index contributed by atoms with van der Waals surface area (Å²) in [5, 5.41) is 4.31. The van der Waals surface area contributed by atoms with Crippen LogP contribution in [-0.4, -0.2) is 6.54 Å². The first-order valence-corrected chi connectivity index (χ1v) is 6.57. The van der Waals surface area contributed by atoms with Gasteiger partial charge in [-0.2, -0.15) is 0 Å². The van der Waals surface area contributed by atoms with Gasteiger partial charge in [0.15, 0.2) is 0 Å². The molecule has 0 aromatic heterocycles. The fraction of sp³-hybridized carbons (Fsp3) is 0.571. The van der Waals surface area contributed by atoms with E-state index in [0.717, 1.165) is 23.7 Å². The second-order valence-corrected chi connectivity index (χ2v) is 4.73. The third-order valence-electron chi connectivity index (χ3n) is 2.77. The average molecular weight is 240 g/mol. The molecule has 0 radical (unpaired) electrons. The minimum atomic E-state index is 0.866. The van der Waals surface area contributed by atoms with E-state index in [1.807, 2.05) is 6.92 Å².